The second-order valence-electron chi connectivity index (χ2n) is 4.36. The van der Waals surface area contributed by atoms with Crippen molar-refractivity contribution >= 4 is 39.3 Å². The summed E-state index contributed by atoms with van der Waals surface area (Å²) in [6, 6.07) is 17.0. The fraction of sp³-hybridized carbons (Fsp3) is 0.125. The van der Waals surface area contributed by atoms with Crippen LogP contribution in [0.2, 0.25) is 0 Å². The van der Waals surface area contributed by atoms with Gasteiger partial charge in [-0.25, -0.2) is 0 Å². The topological polar surface area (TPSA) is 52.9 Å². The zero-order chi connectivity index (χ0) is 15.1. The summed E-state index contributed by atoms with van der Waals surface area (Å²) >= 11 is 4.91. The van der Waals surface area contributed by atoms with Crippen LogP contribution in [-0.2, 0) is 10.5 Å². The molecule has 0 unspecified atom stereocenters. The lowest BCUT2D eigenvalue weighted by Crippen LogP contribution is -2.14. The molecular formula is C16H13BrN2OS. The minimum absolute atomic E-state index is 0.0215. The molecule has 0 spiro atoms. The molecule has 0 radical (unpaired) electrons. The van der Waals surface area contributed by atoms with E-state index in [1.807, 2.05) is 36.4 Å². The Bertz CT molecular complexity index is 665. The van der Waals surface area contributed by atoms with E-state index in [0.717, 1.165) is 21.5 Å². The number of thioether (sulfide) groups is 1. The van der Waals surface area contributed by atoms with Crippen LogP contribution in [0.25, 0.3) is 0 Å². The van der Waals surface area contributed by atoms with Crippen molar-refractivity contribution in [1.29, 1.82) is 5.26 Å². The Morgan fingerprint density at radius 1 is 1.24 bits per heavy atom. The molecule has 0 fully saturated rings. The lowest BCUT2D eigenvalue weighted by molar-refractivity contribution is -0.113. The summed E-state index contributed by atoms with van der Waals surface area (Å²) in [5.74, 6) is 1.12. The summed E-state index contributed by atoms with van der Waals surface area (Å²) in [5, 5.41) is 11.6. The molecule has 1 N–H and O–H groups in total. The van der Waals surface area contributed by atoms with E-state index in [2.05, 4.69) is 27.3 Å². The highest BCUT2D eigenvalue weighted by molar-refractivity contribution is 9.10. The molecular weight excluding hydrogens is 348 g/mol. The summed E-state index contributed by atoms with van der Waals surface area (Å²) < 4.78 is 0.936. The molecule has 21 heavy (non-hydrogen) atoms. The molecule has 0 bridgehead atoms. The molecule has 0 aliphatic heterocycles. The molecule has 0 heterocycles. The Balaban J connectivity index is 1.77. The lowest BCUT2D eigenvalue weighted by Gasteiger charge is -2.05. The van der Waals surface area contributed by atoms with Crippen LogP contribution in [0.5, 0.6) is 0 Å². The standard InChI is InChI=1S/C16H13BrN2OS/c17-14-2-1-3-15(8-14)19-16(20)11-21-10-13-6-4-12(9-18)5-7-13/h1-8H,10-11H2,(H,19,20). The second-order valence-corrected chi connectivity index (χ2v) is 6.26. The zero-order valence-electron chi connectivity index (χ0n) is 11.2. The fourth-order valence-electron chi connectivity index (χ4n) is 1.70. The number of carbonyl (C=O) groups excluding carboxylic acids is 1. The number of hydrogen-bond donors (Lipinski definition) is 1. The second kappa shape index (κ2) is 7.87. The van der Waals surface area contributed by atoms with Gasteiger partial charge in [0.15, 0.2) is 0 Å². The van der Waals surface area contributed by atoms with Crippen LogP contribution in [0.15, 0.2) is 53.0 Å². The monoisotopic (exact) mass is 360 g/mol. The van der Waals surface area contributed by atoms with Crippen LogP contribution in [0, 0.1) is 11.3 Å². The number of nitriles is 1. The van der Waals surface area contributed by atoms with Gasteiger partial charge in [0.2, 0.25) is 5.91 Å². The predicted molar refractivity (Wildman–Crippen MR) is 90.1 cm³/mol. The van der Waals surface area contributed by atoms with Crippen LogP contribution in [-0.4, -0.2) is 11.7 Å². The molecule has 2 aromatic carbocycles. The molecule has 0 aromatic heterocycles. The quantitative estimate of drug-likeness (QED) is 0.869. The first-order chi connectivity index (χ1) is 10.2. The lowest BCUT2D eigenvalue weighted by atomic mass is 10.2. The first kappa shape index (κ1) is 15.6. The zero-order valence-corrected chi connectivity index (χ0v) is 13.6. The van der Waals surface area contributed by atoms with Gasteiger partial charge < -0.3 is 5.32 Å². The van der Waals surface area contributed by atoms with Gasteiger partial charge in [0.25, 0.3) is 0 Å². The van der Waals surface area contributed by atoms with E-state index in [1.165, 1.54) is 0 Å². The summed E-state index contributed by atoms with van der Waals surface area (Å²) in [6.45, 7) is 0. The van der Waals surface area contributed by atoms with E-state index in [4.69, 9.17) is 5.26 Å². The minimum Gasteiger partial charge on any atom is -0.325 e. The van der Waals surface area contributed by atoms with Crippen molar-refractivity contribution in [3.63, 3.8) is 0 Å². The Morgan fingerprint density at radius 2 is 2.00 bits per heavy atom. The molecule has 106 valence electrons. The van der Waals surface area contributed by atoms with E-state index in [1.54, 1.807) is 23.9 Å². The largest absolute Gasteiger partial charge is 0.325 e. The Morgan fingerprint density at radius 3 is 2.67 bits per heavy atom. The molecule has 1 amide bonds. The molecule has 0 aliphatic rings. The van der Waals surface area contributed by atoms with Crippen molar-refractivity contribution < 1.29 is 4.79 Å². The van der Waals surface area contributed by atoms with Gasteiger partial charge in [0.1, 0.15) is 0 Å². The van der Waals surface area contributed by atoms with Gasteiger partial charge in [-0.1, -0.05) is 34.1 Å². The van der Waals surface area contributed by atoms with Crippen molar-refractivity contribution in [3.05, 3.63) is 64.1 Å². The predicted octanol–water partition coefficient (Wildman–Crippen LogP) is 4.19. The Labute approximate surface area is 136 Å². The van der Waals surface area contributed by atoms with Crippen molar-refractivity contribution in [2.24, 2.45) is 0 Å². The van der Waals surface area contributed by atoms with Crippen LogP contribution in [0.4, 0.5) is 5.69 Å². The van der Waals surface area contributed by atoms with Gasteiger partial charge in [0.05, 0.1) is 17.4 Å². The van der Waals surface area contributed by atoms with Gasteiger partial charge >= 0.3 is 0 Å². The minimum atomic E-state index is -0.0215. The van der Waals surface area contributed by atoms with Crippen molar-refractivity contribution in [2.45, 2.75) is 5.75 Å². The average molecular weight is 361 g/mol. The third-order valence-electron chi connectivity index (χ3n) is 2.69. The number of nitrogens with one attached hydrogen (secondary N) is 1. The summed E-state index contributed by atoms with van der Waals surface area (Å²) in [7, 11) is 0. The first-order valence-electron chi connectivity index (χ1n) is 6.29. The smallest absolute Gasteiger partial charge is 0.234 e. The SMILES string of the molecule is N#Cc1ccc(CSCC(=O)Nc2cccc(Br)c2)cc1. The van der Waals surface area contributed by atoms with E-state index in [-0.39, 0.29) is 5.91 Å². The summed E-state index contributed by atoms with van der Waals surface area (Å²) in [6.07, 6.45) is 0. The van der Waals surface area contributed by atoms with Gasteiger partial charge in [-0.3, -0.25) is 4.79 Å². The Kier molecular flexibility index (Phi) is 5.85. The van der Waals surface area contributed by atoms with E-state index in [0.29, 0.717) is 11.3 Å². The molecule has 0 aliphatic carbocycles. The van der Waals surface area contributed by atoms with Gasteiger partial charge in [0, 0.05) is 15.9 Å². The molecule has 2 aromatic rings. The molecule has 0 atom stereocenters. The van der Waals surface area contributed by atoms with E-state index in [9.17, 15) is 4.79 Å². The van der Waals surface area contributed by atoms with Crippen molar-refractivity contribution in [1.82, 2.24) is 0 Å². The number of halogens is 1. The Hall–Kier alpha value is -1.77. The maximum absolute atomic E-state index is 11.8. The number of benzene rings is 2. The number of amides is 1. The maximum Gasteiger partial charge on any atom is 0.234 e. The molecule has 0 saturated carbocycles. The summed E-state index contributed by atoms with van der Waals surface area (Å²) in [5.41, 5.74) is 2.54. The highest BCUT2D eigenvalue weighted by atomic mass is 79.9. The highest BCUT2D eigenvalue weighted by Gasteiger charge is 2.03. The highest BCUT2D eigenvalue weighted by Crippen LogP contribution is 2.17. The summed E-state index contributed by atoms with van der Waals surface area (Å²) in [4.78, 5) is 11.8. The van der Waals surface area contributed by atoms with Crippen molar-refractivity contribution in [2.75, 3.05) is 11.1 Å². The molecule has 2 rings (SSSR count). The first-order valence-corrected chi connectivity index (χ1v) is 8.24. The number of hydrogen-bond acceptors (Lipinski definition) is 3. The molecule has 5 heteroatoms. The van der Waals surface area contributed by atoms with Crippen LogP contribution >= 0.6 is 27.7 Å². The molecule has 3 nitrogen and oxygen atoms in total. The van der Waals surface area contributed by atoms with Crippen LogP contribution in [0.1, 0.15) is 11.1 Å². The normalized spacial score (nSPS) is 9.90. The third kappa shape index (κ3) is 5.25. The van der Waals surface area contributed by atoms with Crippen LogP contribution < -0.4 is 5.32 Å². The maximum atomic E-state index is 11.8. The van der Waals surface area contributed by atoms with Crippen molar-refractivity contribution in [3.8, 4) is 6.07 Å². The number of rotatable bonds is 5. The number of nitrogens with zero attached hydrogens (tertiary/aromatic N) is 1. The van der Waals surface area contributed by atoms with Gasteiger partial charge in [-0.05, 0) is 35.9 Å². The fourth-order valence-corrected chi connectivity index (χ4v) is 2.89. The van der Waals surface area contributed by atoms with Crippen LogP contribution in [0.3, 0.4) is 0 Å². The number of anilines is 1. The number of carbonyl (C=O) groups is 1. The van der Waals surface area contributed by atoms with Gasteiger partial charge in [-0.15, -0.1) is 11.8 Å². The average Bonchev–Trinajstić information content (AvgIpc) is 2.48. The van der Waals surface area contributed by atoms with E-state index >= 15 is 0 Å². The third-order valence-corrected chi connectivity index (χ3v) is 4.19. The van der Waals surface area contributed by atoms with Gasteiger partial charge in [-0.2, -0.15) is 5.26 Å². The molecule has 0 saturated heterocycles. The van der Waals surface area contributed by atoms with E-state index < -0.39 is 0 Å².